The molecule has 2 amide bonds. The first-order valence-electron chi connectivity index (χ1n) is 24.0. The van der Waals surface area contributed by atoms with Crippen LogP contribution in [0.4, 0.5) is 22.7 Å². The van der Waals surface area contributed by atoms with Crippen LogP contribution in [-0.2, 0) is 64.9 Å². The molecule has 0 fully saturated rings. The molecule has 4 aromatic carbocycles. The number of carboxylic acid groups (broad SMARTS) is 2. The number of hydrogen-bond acceptors (Lipinski definition) is 12. The van der Waals surface area contributed by atoms with E-state index in [0.717, 1.165) is 11.4 Å². The molecular formula is C54H50N6O14S2. The summed E-state index contributed by atoms with van der Waals surface area (Å²) in [6.07, 6.45) is 6.65. The smallest absolute Gasteiger partial charge is 0.303 e. The van der Waals surface area contributed by atoms with E-state index in [1.807, 2.05) is 0 Å². The van der Waals surface area contributed by atoms with Crippen molar-refractivity contribution in [3.63, 3.8) is 0 Å². The number of H-pyrrole nitrogens is 2. The third-order valence-corrected chi connectivity index (χ3v) is 16.0. The fourth-order valence-electron chi connectivity index (χ4n) is 9.66. The second-order valence-corrected chi connectivity index (χ2v) is 21.6. The number of aryl methyl sites for hydroxylation is 2. The van der Waals surface area contributed by atoms with Gasteiger partial charge in [-0.15, -0.1) is 0 Å². The molecule has 4 heterocycles. The van der Waals surface area contributed by atoms with Gasteiger partial charge in [-0.25, -0.2) is 16.8 Å². The lowest BCUT2D eigenvalue weighted by molar-refractivity contribution is -0.138. The van der Waals surface area contributed by atoms with E-state index in [1.165, 1.54) is 38.5 Å². The minimum absolute atomic E-state index is 0.0204. The molecule has 0 saturated heterocycles. The van der Waals surface area contributed by atoms with Gasteiger partial charge < -0.3 is 40.3 Å². The van der Waals surface area contributed by atoms with Gasteiger partial charge in [-0.3, -0.25) is 38.2 Å². The maximum Gasteiger partial charge on any atom is 0.303 e. The van der Waals surface area contributed by atoms with Gasteiger partial charge in [0, 0.05) is 106 Å². The van der Waals surface area contributed by atoms with Crippen molar-refractivity contribution in [1.82, 2.24) is 9.97 Å². The standard InChI is InChI=1S/2C27H25N3O7S/c2*1-37-16-4-2-5-17(13-16)38(35,36)30-15-8-10-21-19(12-15)20(27(34)29-21)14-23-18(9-11-25(32)33)26-22(28-23)6-3-7-24(26)31/h2*2,4-5,8,10,12-14,28,30H,3,6-7,9,11H2,1H3,(H,29,34)(H,32,33)/b2*20-14-. The summed E-state index contributed by atoms with van der Waals surface area (Å²) in [7, 11) is -4.98. The number of aliphatic carboxylic acids is 2. The maximum absolute atomic E-state index is 13.0. The highest BCUT2D eigenvalue weighted by molar-refractivity contribution is 7.93. The summed E-state index contributed by atoms with van der Waals surface area (Å²) in [5, 5.41) is 24.0. The number of anilines is 4. The number of fused-ring (bicyclic) bond motifs is 4. The lowest BCUT2D eigenvalue weighted by atomic mass is 9.91. The van der Waals surface area contributed by atoms with E-state index in [0.29, 0.717) is 106 Å². The Kier molecular flexibility index (Phi) is 14.6. The van der Waals surface area contributed by atoms with Crippen molar-refractivity contribution in [3.8, 4) is 11.5 Å². The molecule has 6 aromatic rings. The SMILES string of the molecule is COc1cccc(S(=O)(=O)Nc2ccc3c(c2)/C(=C/c2[nH]c4c(c2CCC(=O)O)C(=O)CCC4)C(=O)N3)c1.COc1cccc(S(=O)(=O)Nc2ccc3c(c2)/C(=C/c2[nH]c4c(c2CCC(=O)O)C(=O)CCC4)C(=O)N3)c1. The Hall–Kier alpha value is -8.76. The molecule has 8 N–H and O–H groups in total. The quantitative estimate of drug-likeness (QED) is 0.0431. The van der Waals surface area contributed by atoms with E-state index < -0.39 is 43.8 Å². The number of ether oxygens (including phenoxy) is 2. The van der Waals surface area contributed by atoms with Crippen LogP contribution >= 0.6 is 0 Å². The second kappa shape index (κ2) is 21.2. The predicted octanol–water partition coefficient (Wildman–Crippen LogP) is 7.71. The first-order chi connectivity index (χ1) is 36.3. The Morgan fingerprint density at radius 3 is 1.37 bits per heavy atom. The number of methoxy groups -OCH3 is 2. The van der Waals surface area contributed by atoms with Crippen LogP contribution in [0, 0.1) is 0 Å². The van der Waals surface area contributed by atoms with Crippen LogP contribution in [0.1, 0.15) is 104 Å². The third kappa shape index (κ3) is 10.9. The van der Waals surface area contributed by atoms with E-state index in [9.17, 15) is 55.8 Å². The summed E-state index contributed by atoms with van der Waals surface area (Å²) in [5.41, 5.74) is 7.69. The zero-order valence-corrected chi connectivity index (χ0v) is 42.6. The van der Waals surface area contributed by atoms with Gasteiger partial charge in [0.1, 0.15) is 11.5 Å². The third-order valence-electron chi connectivity index (χ3n) is 13.2. The van der Waals surface area contributed by atoms with Gasteiger partial charge in [0.2, 0.25) is 0 Å². The molecule has 0 spiro atoms. The van der Waals surface area contributed by atoms with Gasteiger partial charge in [-0.2, -0.15) is 0 Å². The summed E-state index contributed by atoms with van der Waals surface area (Å²) in [6.45, 7) is 0. The monoisotopic (exact) mass is 1070 g/mol. The van der Waals surface area contributed by atoms with Gasteiger partial charge in [-0.1, -0.05) is 12.1 Å². The summed E-state index contributed by atoms with van der Waals surface area (Å²) >= 11 is 0. The lowest BCUT2D eigenvalue weighted by Gasteiger charge is -2.11. The molecule has 2 aliphatic heterocycles. The normalized spacial score (nSPS) is 15.7. The molecule has 22 heteroatoms. The maximum atomic E-state index is 13.0. The van der Waals surface area contributed by atoms with Crippen LogP contribution in [-0.4, -0.2) is 86.6 Å². The number of benzene rings is 4. The van der Waals surface area contributed by atoms with Crippen molar-refractivity contribution in [2.24, 2.45) is 0 Å². The number of ketones is 2. The zero-order valence-electron chi connectivity index (χ0n) is 40.9. The number of amides is 2. The van der Waals surface area contributed by atoms with E-state index in [-0.39, 0.29) is 69.6 Å². The largest absolute Gasteiger partial charge is 0.497 e. The van der Waals surface area contributed by atoms with Crippen molar-refractivity contribution in [3.05, 3.63) is 141 Å². The number of aromatic nitrogens is 2. The Balaban J connectivity index is 0.000000186. The van der Waals surface area contributed by atoms with Crippen LogP contribution in [0.2, 0.25) is 0 Å². The van der Waals surface area contributed by atoms with Crippen molar-refractivity contribution in [2.75, 3.05) is 34.3 Å². The van der Waals surface area contributed by atoms with Gasteiger partial charge in [0.15, 0.2) is 11.6 Å². The van der Waals surface area contributed by atoms with Crippen LogP contribution in [0.3, 0.4) is 0 Å². The molecule has 2 aliphatic carbocycles. The Labute approximate surface area is 435 Å². The molecule has 0 bridgehead atoms. The fourth-order valence-corrected chi connectivity index (χ4v) is 11.8. The van der Waals surface area contributed by atoms with E-state index >= 15 is 0 Å². The van der Waals surface area contributed by atoms with Crippen LogP contribution in [0.5, 0.6) is 11.5 Å². The number of carbonyl (C=O) groups excluding carboxylic acids is 4. The number of hydrogen-bond donors (Lipinski definition) is 8. The van der Waals surface area contributed by atoms with Crippen LogP contribution in [0.25, 0.3) is 23.3 Å². The Morgan fingerprint density at radius 2 is 0.987 bits per heavy atom. The average molecular weight is 1070 g/mol. The first-order valence-corrected chi connectivity index (χ1v) is 26.9. The fraction of sp³-hybridized carbons (Fsp3) is 0.222. The van der Waals surface area contributed by atoms with Crippen molar-refractivity contribution in [2.45, 2.75) is 74.0 Å². The highest BCUT2D eigenvalue weighted by atomic mass is 32.2. The average Bonchev–Trinajstić information content (AvgIpc) is 4.12. The molecule has 0 unspecified atom stereocenters. The van der Waals surface area contributed by atoms with Crippen LogP contribution in [0.15, 0.2) is 94.7 Å². The molecule has 392 valence electrons. The van der Waals surface area contributed by atoms with Gasteiger partial charge in [0.05, 0.1) is 35.2 Å². The number of nitrogens with one attached hydrogen (secondary N) is 6. The van der Waals surface area contributed by atoms with Crippen molar-refractivity contribution >= 4 is 101 Å². The zero-order chi connectivity index (χ0) is 54.1. The van der Waals surface area contributed by atoms with E-state index in [4.69, 9.17) is 9.47 Å². The van der Waals surface area contributed by atoms with Crippen LogP contribution < -0.4 is 29.6 Å². The number of rotatable bonds is 16. The predicted molar refractivity (Wildman–Crippen MR) is 282 cm³/mol. The molecule has 0 atom stereocenters. The first kappa shape index (κ1) is 52.1. The molecule has 76 heavy (non-hydrogen) atoms. The van der Waals surface area contributed by atoms with Gasteiger partial charge in [0.25, 0.3) is 31.9 Å². The van der Waals surface area contributed by atoms with E-state index in [1.54, 1.807) is 72.8 Å². The van der Waals surface area contributed by atoms with Gasteiger partial charge >= 0.3 is 11.9 Å². The number of aromatic amines is 2. The molecular weight excluding hydrogens is 1020 g/mol. The molecule has 4 aliphatic rings. The summed E-state index contributed by atoms with van der Waals surface area (Å²) in [4.78, 5) is 80.2. The molecule has 0 radical (unpaired) electrons. The summed E-state index contributed by atoms with van der Waals surface area (Å²) < 4.78 is 67.2. The Morgan fingerprint density at radius 1 is 0.579 bits per heavy atom. The number of Topliss-reactive ketones (excluding diaryl/α,β-unsaturated/α-hetero) is 2. The van der Waals surface area contributed by atoms with E-state index in [2.05, 4.69) is 30.0 Å². The molecule has 0 saturated carbocycles. The number of carboxylic acids is 2. The number of sulfonamides is 2. The number of carbonyl (C=O) groups is 6. The summed E-state index contributed by atoms with van der Waals surface area (Å²) in [5.74, 6) is -2.05. The van der Waals surface area contributed by atoms with Crippen molar-refractivity contribution < 1.29 is 65.3 Å². The summed E-state index contributed by atoms with van der Waals surface area (Å²) in [6, 6.07) is 21.5. The lowest BCUT2D eigenvalue weighted by Crippen LogP contribution is -2.13. The highest BCUT2D eigenvalue weighted by Crippen LogP contribution is 2.40. The second-order valence-electron chi connectivity index (χ2n) is 18.2. The molecule has 20 nitrogen and oxygen atoms in total. The molecule has 2 aromatic heterocycles. The minimum atomic E-state index is -3.94. The minimum Gasteiger partial charge on any atom is -0.497 e. The van der Waals surface area contributed by atoms with Crippen molar-refractivity contribution in [1.29, 1.82) is 0 Å². The topological polar surface area (TPSA) is 309 Å². The molecule has 10 rings (SSSR count). The highest BCUT2D eigenvalue weighted by Gasteiger charge is 2.32. The Bertz CT molecular complexity index is 3480. The van der Waals surface area contributed by atoms with Gasteiger partial charge in [-0.05, 0) is 122 Å².